The summed E-state index contributed by atoms with van der Waals surface area (Å²) in [4.78, 5) is 7.73. The lowest BCUT2D eigenvalue weighted by Gasteiger charge is -2.25. The smallest absolute Gasteiger partial charge is 0.387 e. The Labute approximate surface area is 260 Å². The lowest BCUT2D eigenvalue weighted by Crippen LogP contribution is -2.25. The summed E-state index contributed by atoms with van der Waals surface area (Å²) in [5.74, 6) is 1.23. The molecule has 4 aromatic carbocycles. The fourth-order valence-electron chi connectivity index (χ4n) is 5.95. The monoisotopic (exact) mass is 593 g/mol. The van der Waals surface area contributed by atoms with Crippen LogP contribution >= 0.6 is 0 Å². The molecular weight excluding hydrogens is 552 g/mol. The van der Waals surface area contributed by atoms with E-state index in [4.69, 9.17) is 9.72 Å². The second kappa shape index (κ2) is 14.5. The van der Waals surface area contributed by atoms with E-state index in [0.717, 1.165) is 54.1 Å². The van der Waals surface area contributed by atoms with Crippen LogP contribution in [0.5, 0.6) is 5.75 Å². The normalized spacial score (nSPS) is 11.5. The number of unbranched alkanes of at least 4 members (excludes halogenated alkanes) is 1. The zero-order valence-electron chi connectivity index (χ0n) is 26.1. The molecule has 0 aliphatic rings. The van der Waals surface area contributed by atoms with E-state index >= 15 is 0 Å². The number of hydrogen-bond acceptors (Lipinski definition) is 3. The van der Waals surface area contributed by atoms with Crippen LogP contribution in [0.3, 0.4) is 0 Å². The Morgan fingerprint density at radius 2 is 1.39 bits per heavy atom. The average Bonchev–Trinajstić information content (AvgIpc) is 3.36. The van der Waals surface area contributed by atoms with Gasteiger partial charge in [-0.3, -0.25) is 4.90 Å². The number of nitrogens with zero attached hydrogens (tertiary/aromatic N) is 3. The highest BCUT2D eigenvalue weighted by Crippen LogP contribution is 2.33. The van der Waals surface area contributed by atoms with Crippen LogP contribution in [0.25, 0.3) is 22.6 Å². The van der Waals surface area contributed by atoms with Crippen LogP contribution in [-0.4, -0.2) is 21.1 Å². The Bertz CT molecular complexity index is 1640. The standard InChI is InChI=1S/C38H41F2N3O/c1-5-6-20-43-34(35(32-16-9-7-10-17-32)41-37(43)33-18-11-8-12-19-33)26-42(24-30-15-13-14-27(2)21-30)25-31-22-28(3)36(29(4)23-31)44-38(39)40/h7-19,21-23,38H,5-6,20,24-26H2,1-4H3. The van der Waals surface area contributed by atoms with Crippen molar-refractivity contribution < 1.29 is 13.5 Å². The molecule has 0 bridgehead atoms. The third-order valence-electron chi connectivity index (χ3n) is 7.88. The summed E-state index contributed by atoms with van der Waals surface area (Å²) in [6.45, 7) is 8.03. The molecule has 0 amide bonds. The fraction of sp³-hybridized carbons (Fsp3) is 0.289. The van der Waals surface area contributed by atoms with E-state index in [0.29, 0.717) is 24.2 Å². The Hall–Kier alpha value is -4.29. The molecule has 0 aliphatic heterocycles. The zero-order valence-corrected chi connectivity index (χ0v) is 26.1. The van der Waals surface area contributed by atoms with E-state index < -0.39 is 6.61 Å². The molecule has 0 atom stereocenters. The van der Waals surface area contributed by atoms with Gasteiger partial charge in [0.15, 0.2) is 0 Å². The highest BCUT2D eigenvalue weighted by atomic mass is 19.3. The second-order valence-electron chi connectivity index (χ2n) is 11.5. The number of alkyl halides is 2. The fourth-order valence-corrected chi connectivity index (χ4v) is 5.95. The maximum Gasteiger partial charge on any atom is 0.387 e. The molecule has 0 unspecified atom stereocenters. The minimum absolute atomic E-state index is 0.255. The van der Waals surface area contributed by atoms with Crippen LogP contribution in [0.4, 0.5) is 8.78 Å². The van der Waals surface area contributed by atoms with Crippen molar-refractivity contribution in [3.8, 4) is 28.4 Å². The summed E-state index contributed by atoms with van der Waals surface area (Å²) in [5.41, 5.74) is 9.25. The maximum absolute atomic E-state index is 13.1. The van der Waals surface area contributed by atoms with Gasteiger partial charge in [-0.25, -0.2) is 4.98 Å². The molecule has 5 aromatic rings. The first-order chi connectivity index (χ1) is 21.3. The van der Waals surface area contributed by atoms with E-state index in [2.05, 4.69) is 96.1 Å². The first kappa shape index (κ1) is 31.1. The van der Waals surface area contributed by atoms with Crippen molar-refractivity contribution in [2.45, 2.75) is 73.3 Å². The molecule has 0 spiro atoms. The van der Waals surface area contributed by atoms with Gasteiger partial charge in [0.25, 0.3) is 0 Å². The van der Waals surface area contributed by atoms with E-state index in [1.54, 1.807) is 0 Å². The van der Waals surface area contributed by atoms with Gasteiger partial charge in [0.05, 0.1) is 11.4 Å². The minimum Gasteiger partial charge on any atom is -0.434 e. The molecule has 228 valence electrons. The SMILES string of the molecule is CCCCn1c(-c2ccccc2)nc(-c2ccccc2)c1CN(Cc1cccc(C)c1)Cc1cc(C)c(OC(F)F)c(C)c1. The number of benzene rings is 4. The van der Waals surface area contributed by atoms with Gasteiger partial charge in [0, 0.05) is 37.3 Å². The van der Waals surface area contributed by atoms with Gasteiger partial charge in [-0.2, -0.15) is 8.78 Å². The van der Waals surface area contributed by atoms with Crippen LogP contribution in [0, 0.1) is 20.8 Å². The zero-order chi connectivity index (χ0) is 31.1. The highest BCUT2D eigenvalue weighted by molar-refractivity contribution is 5.68. The molecule has 5 rings (SSSR count). The minimum atomic E-state index is -2.85. The average molecular weight is 594 g/mol. The third-order valence-corrected chi connectivity index (χ3v) is 7.88. The summed E-state index contributed by atoms with van der Waals surface area (Å²) in [6.07, 6.45) is 2.12. The Balaban J connectivity index is 1.61. The highest BCUT2D eigenvalue weighted by Gasteiger charge is 2.23. The molecule has 0 radical (unpaired) electrons. The van der Waals surface area contributed by atoms with Crippen LogP contribution in [0.2, 0.25) is 0 Å². The molecule has 0 saturated carbocycles. The predicted molar refractivity (Wildman–Crippen MR) is 175 cm³/mol. The number of imidazole rings is 1. The molecule has 1 heterocycles. The molecule has 0 aliphatic carbocycles. The third kappa shape index (κ3) is 7.61. The quantitative estimate of drug-likeness (QED) is 0.136. The van der Waals surface area contributed by atoms with Gasteiger partial charge >= 0.3 is 6.61 Å². The summed E-state index contributed by atoms with van der Waals surface area (Å²) < 4.78 is 33.4. The van der Waals surface area contributed by atoms with Gasteiger partial charge in [-0.15, -0.1) is 0 Å². The Kier molecular flexibility index (Phi) is 10.2. The topological polar surface area (TPSA) is 30.3 Å². The molecule has 4 nitrogen and oxygen atoms in total. The number of rotatable bonds is 13. The van der Waals surface area contributed by atoms with Gasteiger partial charge in [0.1, 0.15) is 11.6 Å². The van der Waals surface area contributed by atoms with Crippen LogP contribution in [0.15, 0.2) is 97.1 Å². The lowest BCUT2D eigenvalue weighted by atomic mass is 10.0. The number of aromatic nitrogens is 2. The number of ether oxygens (including phenoxy) is 1. The van der Waals surface area contributed by atoms with Crippen molar-refractivity contribution in [1.82, 2.24) is 14.5 Å². The largest absolute Gasteiger partial charge is 0.434 e. The molecule has 0 fully saturated rings. The van der Waals surface area contributed by atoms with Gasteiger partial charge in [0.2, 0.25) is 0 Å². The first-order valence-corrected chi connectivity index (χ1v) is 15.4. The van der Waals surface area contributed by atoms with Crippen molar-refractivity contribution in [2.24, 2.45) is 0 Å². The van der Waals surface area contributed by atoms with Crippen molar-refractivity contribution >= 4 is 0 Å². The van der Waals surface area contributed by atoms with Crippen molar-refractivity contribution in [3.63, 3.8) is 0 Å². The molecule has 0 N–H and O–H groups in total. The van der Waals surface area contributed by atoms with Crippen LogP contribution < -0.4 is 4.74 Å². The molecule has 44 heavy (non-hydrogen) atoms. The molecular formula is C38H41F2N3O. The first-order valence-electron chi connectivity index (χ1n) is 15.4. The summed E-state index contributed by atoms with van der Waals surface area (Å²) in [7, 11) is 0. The number of halogens is 2. The molecule has 0 saturated heterocycles. The van der Waals surface area contributed by atoms with Gasteiger partial charge < -0.3 is 9.30 Å². The second-order valence-corrected chi connectivity index (χ2v) is 11.5. The maximum atomic E-state index is 13.1. The summed E-state index contributed by atoms with van der Waals surface area (Å²) in [6, 6.07) is 33.4. The Morgan fingerprint density at radius 3 is 2.00 bits per heavy atom. The van der Waals surface area contributed by atoms with Crippen molar-refractivity contribution in [1.29, 1.82) is 0 Å². The molecule has 1 aromatic heterocycles. The van der Waals surface area contributed by atoms with Gasteiger partial charge in [-0.1, -0.05) is 116 Å². The van der Waals surface area contributed by atoms with E-state index in [-0.39, 0.29) is 5.75 Å². The van der Waals surface area contributed by atoms with E-state index in [9.17, 15) is 8.78 Å². The number of hydrogen-bond donors (Lipinski definition) is 0. The van der Waals surface area contributed by atoms with Crippen molar-refractivity contribution in [3.05, 3.63) is 131 Å². The summed E-state index contributed by atoms with van der Waals surface area (Å²) >= 11 is 0. The van der Waals surface area contributed by atoms with E-state index in [1.165, 1.54) is 16.8 Å². The lowest BCUT2D eigenvalue weighted by molar-refractivity contribution is -0.0507. The van der Waals surface area contributed by atoms with Crippen molar-refractivity contribution in [2.75, 3.05) is 0 Å². The van der Waals surface area contributed by atoms with Crippen LogP contribution in [-0.2, 0) is 26.2 Å². The predicted octanol–water partition coefficient (Wildman–Crippen LogP) is 9.75. The Morgan fingerprint density at radius 1 is 0.750 bits per heavy atom. The molecule has 6 heteroatoms. The summed E-state index contributed by atoms with van der Waals surface area (Å²) in [5, 5.41) is 0. The van der Waals surface area contributed by atoms with Gasteiger partial charge in [-0.05, 0) is 49.4 Å². The number of aryl methyl sites for hydroxylation is 3. The van der Waals surface area contributed by atoms with E-state index in [1.807, 2.05) is 38.1 Å². The van der Waals surface area contributed by atoms with Crippen LogP contribution in [0.1, 0.15) is 53.3 Å².